The summed E-state index contributed by atoms with van der Waals surface area (Å²) in [6.45, 7) is 4.33. The molecule has 0 spiro atoms. The maximum atomic E-state index is 12.5. The molecular weight excluding hydrogens is 324 g/mol. The van der Waals surface area contributed by atoms with Gasteiger partial charge in [-0.1, -0.05) is 44.2 Å². The molecule has 5 heteroatoms. The number of carbonyl (C=O) groups excluding carboxylic acids is 1. The third-order valence-electron chi connectivity index (χ3n) is 4.18. The third kappa shape index (κ3) is 4.06. The molecule has 0 aliphatic carbocycles. The van der Waals surface area contributed by atoms with E-state index in [0.717, 1.165) is 11.4 Å². The molecule has 26 heavy (non-hydrogen) atoms. The Hall–Kier alpha value is -3.21. The van der Waals surface area contributed by atoms with Gasteiger partial charge in [-0.25, -0.2) is 0 Å². The first kappa shape index (κ1) is 17.6. The van der Waals surface area contributed by atoms with Crippen molar-refractivity contribution in [2.75, 3.05) is 17.3 Å². The Bertz CT molecular complexity index is 859. The van der Waals surface area contributed by atoms with Crippen molar-refractivity contribution in [3.8, 4) is 0 Å². The number of carbonyl (C=O) groups is 1. The lowest BCUT2D eigenvalue weighted by Crippen LogP contribution is -2.27. The van der Waals surface area contributed by atoms with Gasteiger partial charge in [-0.05, 0) is 47.9 Å². The van der Waals surface area contributed by atoms with Crippen molar-refractivity contribution < 1.29 is 4.79 Å². The molecule has 5 nitrogen and oxygen atoms in total. The maximum Gasteiger partial charge on any atom is 0.278 e. The van der Waals surface area contributed by atoms with Gasteiger partial charge in [0, 0.05) is 18.4 Å². The highest BCUT2D eigenvalue weighted by Crippen LogP contribution is 2.20. The van der Waals surface area contributed by atoms with Crippen LogP contribution < -0.4 is 10.2 Å². The van der Waals surface area contributed by atoms with Crippen LogP contribution in [0.5, 0.6) is 0 Å². The number of aromatic nitrogens is 2. The van der Waals surface area contributed by atoms with Crippen LogP contribution in [0.1, 0.15) is 35.8 Å². The Labute approximate surface area is 153 Å². The van der Waals surface area contributed by atoms with Crippen LogP contribution >= 0.6 is 0 Å². The van der Waals surface area contributed by atoms with Crippen LogP contribution in [0.3, 0.4) is 0 Å². The fraction of sp³-hybridized carbons (Fsp3) is 0.190. The highest BCUT2D eigenvalue weighted by molar-refractivity contribution is 6.04. The summed E-state index contributed by atoms with van der Waals surface area (Å²) in [6.07, 6.45) is 0. The zero-order valence-corrected chi connectivity index (χ0v) is 15.2. The number of nitrogens with zero attached hydrogens (tertiary/aromatic N) is 3. The lowest BCUT2D eigenvalue weighted by Gasteiger charge is -2.16. The van der Waals surface area contributed by atoms with Gasteiger partial charge in [-0.3, -0.25) is 4.79 Å². The topological polar surface area (TPSA) is 58.1 Å². The average molecular weight is 346 g/mol. The summed E-state index contributed by atoms with van der Waals surface area (Å²) in [7, 11) is 1.72. The van der Waals surface area contributed by atoms with E-state index in [1.165, 1.54) is 5.56 Å². The number of hydrogen-bond acceptors (Lipinski definition) is 4. The van der Waals surface area contributed by atoms with E-state index in [-0.39, 0.29) is 5.91 Å². The normalized spacial score (nSPS) is 10.6. The van der Waals surface area contributed by atoms with Gasteiger partial charge in [0.1, 0.15) is 0 Å². The molecule has 3 rings (SSSR count). The van der Waals surface area contributed by atoms with Gasteiger partial charge in [0.2, 0.25) is 0 Å². The number of anilines is 3. The first-order chi connectivity index (χ1) is 12.5. The van der Waals surface area contributed by atoms with E-state index in [9.17, 15) is 4.79 Å². The second-order valence-electron chi connectivity index (χ2n) is 6.41. The van der Waals surface area contributed by atoms with Gasteiger partial charge >= 0.3 is 0 Å². The number of nitrogens with one attached hydrogen (secondary N) is 1. The van der Waals surface area contributed by atoms with Crippen molar-refractivity contribution in [1.82, 2.24) is 10.2 Å². The molecule has 1 amide bonds. The van der Waals surface area contributed by atoms with Gasteiger partial charge < -0.3 is 10.2 Å². The molecule has 0 fully saturated rings. The summed E-state index contributed by atoms with van der Waals surface area (Å²) in [6, 6.07) is 21.1. The van der Waals surface area contributed by atoms with Gasteiger partial charge in [-0.2, -0.15) is 0 Å². The fourth-order valence-electron chi connectivity index (χ4n) is 2.55. The molecule has 0 bridgehead atoms. The van der Waals surface area contributed by atoms with E-state index in [1.54, 1.807) is 24.1 Å². The average Bonchev–Trinajstić information content (AvgIpc) is 2.68. The highest BCUT2D eigenvalue weighted by atomic mass is 16.2. The molecular formula is C21H22N4O. The van der Waals surface area contributed by atoms with Crippen molar-refractivity contribution in [2.45, 2.75) is 19.8 Å². The quantitative estimate of drug-likeness (QED) is 0.732. The number of rotatable bonds is 5. The summed E-state index contributed by atoms with van der Waals surface area (Å²) in [5.41, 5.74) is 3.33. The smallest absolute Gasteiger partial charge is 0.278 e. The predicted molar refractivity (Wildman–Crippen MR) is 105 cm³/mol. The molecule has 2 aromatic carbocycles. The SMILES string of the molecule is CC(C)c1ccc(Nc2ccc(C(=O)N(C)c3ccccc3)nn2)cc1. The molecule has 1 N–H and O–H groups in total. The van der Waals surface area contributed by atoms with Crippen LogP contribution in [0.25, 0.3) is 0 Å². The van der Waals surface area contributed by atoms with Crippen molar-refractivity contribution >= 4 is 23.1 Å². The zero-order chi connectivity index (χ0) is 18.5. The van der Waals surface area contributed by atoms with E-state index < -0.39 is 0 Å². The first-order valence-electron chi connectivity index (χ1n) is 8.58. The minimum atomic E-state index is -0.198. The van der Waals surface area contributed by atoms with Crippen molar-refractivity contribution in [3.05, 3.63) is 78.0 Å². The number of benzene rings is 2. The second-order valence-corrected chi connectivity index (χ2v) is 6.41. The molecule has 3 aromatic rings. The summed E-state index contributed by atoms with van der Waals surface area (Å²) >= 11 is 0. The molecule has 0 saturated carbocycles. The van der Waals surface area contributed by atoms with Gasteiger partial charge in [0.25, 0.3) is 5.91 Å². The van der Waals surface area contributed by atoms with Crippen LogP contribution in [-0.2, 0) is 0 Å². The van der Waals surface area contributed by atoms with Gasteiger partial charge in [0.15, 0.2) is 11.5 Å². The summed E-state index contributed by atoms with van der Waals surface area (Å²) in [5, 5.41) is 11.4. The molecule has 1 heterocycles. The molecule has 132 valence electrons. The Morgan fingerprint density at radius 2 is 1.62 bits per heavy atom. The largest absolute Gasteiger partial charge is 0.339 e. The highest BCUT2D eigenvalue weighted by Gasteiger charge is 2.15. The minimum Gasteiger partial charge on any atom is -0.339 e. The number of hydrogen-bond donors (Lipinski definition) is 1. The molecule has 0 atom stereocenters. The Balaban J connectivity index is 1.69. The van der Waals surface area contributed by atoms with Crippen molar-refractivity contribution in [3.63, 3.8) is 0 Å². The Morgan fingerprint density at radius 3 is 2.19 bits per heavy atom. The molecule has 1 aromatic heterocycles. The Kier molecular flexibility index (Phi) is 5.27. The lowest BCUT2D eigenvalue weighted by atomic mass is 10.0. The minimum absolute atomic E-state index is 0.198. The standard InChI is InChI=1S/C21H22N4O/c1-15(2)16-9-11-17(12-10-16)22-20-14-13-19(23-24-20)21(26)25(3)18-7-5-4-6-8-18/h4-15H,1-3H3,(H,22,24). The van der Waals surface area contributed by atoms with Crippen molar-refractivity contribution in [1.29, 1.82) is 0 Å². The van der Waals surface area contributed by atoms with Crippen LogP contribution in [0.4, 0.5) is 17.2 Å². The molecule has 0 radical (unpaired) electrons. The summed E-state index contributed by atoms with van der Waals surface area (Å²) < 4.78 is 0. The van der Waals surface area contributed by atoms with Crippen molar-refractivity contribution in [2.24, 2.45) is 0 Å². The molecule has 0 saturated heterocycles. The number of para-hydroxylation sites is 1. The monoisotopic (exact) mass is 346 g/mol. The van der Waals surface area contributed by atoms with E-state index in [4.69, 9.17) is 0 Å². The van der Waals surface area contributed by atoms with E-state index in [2.05, 4.69) is 41.5 Å². The second kappa shape index (κ2) is 7.78. The molecule has 0 aliphatic heterocycles. The Morgan fingerprint density at radius 1 is 0.923 bits per heavy atom. The predicted octanol–water partition coefficient (Wildman–Crippen LogP) is 4.62. The van der Waals surface area contributed by atoms with E-state index in [1.807, 2.05) is 42.5 Å². The van der Waals surface area contributed by atoms with Crippen LogP contribution in [0.15, 0.2) is 66.7 Å². The summed E-state index contributed by atoms with van der Waals surface area (Å²) in [4.78, 5) is 14.1. The zero-order valence-electron chi connectivity index (χ0n) is 15.2. The van der Waals surface area contributed by atoms with Crippen LogP contribution in [0, 0.1) is 0 Å². The first-order valence-corrected chi connectivity index (χ1v) is 8.58. The van der Waals surface area contributed by atoms with Crippen LogP contribution in [-0.4, -0.2) is 23.2 Å². The van der Waals surface area contributed by atoms with Gasteiger partial charge in [0.05, 0.1) is 0 Å². The van der Waals surface area contributed by atoms with Gasteiger partial charge in [-0.15, -0.1) is 10.2 Å². The number of amides is 1. The maximum absolute atomic E-state index is 12.5. The lowest BCUT2D eigenvalue weighted by molar-refractivity contribution is 0.0987. The fourth-order valence-corrected chi connectivity index (χ4v) is 2.55. The molecule has 0 aliphatic rings. The third-order valence-corrected chi connectivity index (χ3v) is 4.18. The van der Waals surface area contributed by atoms with E-state index in [0.29, 0.717) is 17.4 Å². The summed E-state index contributed by atoms with van der Waals surface area (Å²) in [5.74, 6) is 0.897. The van der Waals surface area contributed by atoms with E-state index >= 15 is 0 Å². The van der Waals surface area contributed by atoms with Crippen LogP contribution in [0.2, 0.25) is 0 Å². The molecule has 0 unspecified atom stereocenters.